The van der Waals surface area contributed by atoms with E-state index in [9.17, 15) is 14.7 Å². The zero-order valence-electron chi connectivity index (χ0n) is 12.6. The van der Waals surface area contributed by atoms with Gasteiger partial charge in [-0.05, 0) is 32.1 Å². The summed E-state index contributed by atoms with van der Waals surface area (Å²) in [6.45, 7) is 0. The molecule has 6 heteroatoms. The van der Waals surface area contributed by atoms with Gasteiger partial charge < -0.3 is 20.4 Å². The minimum atomic E-state index is -0.773. The van der Waals surface area contributed by atoms with Crippen molar-refractivity contribution in [1.29, 1.82) is 0 Å². The van der Waals surface area contributed by atoms with Gasteiger partial charge >= 0.3 is 12.0 Å². The first-order valence-electron chi connectivity index (χ1n) is 7.93. The van der Waals surface area contributed by atoms with Crippen LogP contribution >= 0.6 is 0 Å². The molecule has 0 saturated heterocycles. The molecule has 2 saturated carbocycles. The standard InChI is InChI=1S/C15H26N2O4/c1-17(12-7-2-3-8-13(12)18)15(21)16-11-6-4-5-10(9-11)14(19)20/h10-13,18H,2-9H2,1H3,(H,16,21)(H,19,20). The number of carbonyl (C=O) groups is 2. The lowest BCUT2D eigenvalue weighted by Gasteiger charge is -2.36. The van der Waals surface area contributed by atoms with Gasteiger partial charge in [0, 0.05) is 13.1 Å². The molecule has 120 valence electrons. The molecule has 0 radical (unpaired) electrons. The molecule has 0 aromatic heterocycles. The van der Waals surface area contributed by atoms with Crippen LogP contribution in [-0.2, 0) is 4.79 Å². The number of hydrogen-bond donors (Lipinski definition) is 3. The first-order chi connectivity index (χ1) is 9.99. The Morgan fingerprint density at radius 1 is 1.10 bits per heavy atom. The quantitative estimate of drug-likeness (QED) is 0.738. The van der Waals surface area contributed by atoms with Crippen LogP contribution in [0.25, 0.3) is 0 Å². The molecule has 2 aliphatic carbocycles. The smallest absolute Gasteiger partial charge is 0.317 e. The third-order valence-electron chi connectivity index (χ3n) is 4.86. The maximum Gasteiger partial charge on any atom is 0.317 e. The van der Waals surface area contributed by atoms with E-state index < -0.39 is 12.1 Å². The van der Waals surface area contributed by atoms with Gasteiger partial charge in [0.1, 0.15) is 0 Å². The van der Waals surface area contributed by atoms with E-state index in [0.29, 0.717) is 12.8 Å². The lowest BCUT2D eigenvalue weighted by atomic mass is 9.86. The lowest BCUT2D eigenvalue weighted by molar-refractivity contribution is -0.143. The number of amides is 2. The van der Waals surface area contributed by atoms with E-state index in [1.54, 1.807) is 11.9 Å². The van der Waals surface area contributed by atoms with E-state index >= 15 is 0 Å². The highest BCUT2D eigenvalue weighted by molar-refractivity contribution is 5.75. The fraction of sp³-hybridized carbons (Fsp3) is 0.867. The average molecular weight is 298 g/mol. The second-order valence-electron chi connectivity index (χ2n) is 6.38. The Bertz CT molecular complexity index is 388. The van der Waals surface area contributed by atoms with Crippen molar-refractivity contribution in [1.82, 2.24) is 10.2 Å². The zero-order valence-corrected chi connectivity index (χ0v) is 12.6. The number of nitrogens with one attached hydrogen (secondary N) is 1. The van der Waals surface area contributed by atoms with Crippen molar-refractivity contribution in [2.45, 2.75) is 69.6 Å². The third kappa shape index (κ3) is 4.09. The minimum absolute atomic E-state index is 0.0736. The van der Waals surface area contributed by atoms with Gasteiger partial charge in [0.15, 0.2) is 0 Å². The van der Waals surface area contributed by atoms with Crippen molar-refractivity contribution in [3.8, 4) is 0 Å². The van der Waals surface area contributed by atoms with Crippen LogP contribution in [0, 0.1) is 5.92 Å². The number of aliphatic carboxylic acids is 1. The largest absolute Gasteiger partial charge is 0.481 e. The summed E-state index contributed by atoms with van der Waals surface area (Å²) in [4.78, 5) is 24.9. The molecule has 0 spiro atoms. The Balaban J connectivity index is 1.86. The number of nitrogens with zero attached hydrogens (tertiary/aromatic N) is 1. The van der Waals surface area contributed by atoms with Gasteiger partial charge in [-0.1, -0.05) is 19.3 Å². The molecule has 0 aromatic carbocycles. The molecule has 0 heterocycles. The Kier molecular flexibility index (Phi) is 5.45. The van der Waals surface area contributed by atoms with Crippen LogP contribution in [0.4, 0.5) is 4.79 Å². The second kappa shape index (κ2) is 7.11. The van der Waals surface area contributed by atoms with Crippen LogP contribution in [0.15, 0.2) is 0 Å². The van der Waals surface area contributed by atoms with Crippen molar-refractivity contribution in [3.05, 3.63) is 0 Å². The first kappa shape index (κ1) is 16.1. The summed E-state index contributed by atoms with van der Waals surface area (Å²) in [6.07, 6.45) is 6.02. The van der Waals surface area contributed by atoms with E-state index in [1.807, 2.05) is 0 Å². The molecular weight excluding hydrogens is 272 g/mol. The van der Waals surface area contributed by atoms with Gasteiger partial charge in [-0.3, -0.25) is 4.79 Å². The molecule has 6 nitrogen and oxygen atoms in total. The first-order valence-corrected chi connectivity index (χ1v) is 7.93. The summed E-state index contributed by atoms with van der Waals surface area (Å²) in [7, 11) is 1.71. The van der Waals surface area contributed by atoms with Gasteiger partial charge in [0.05, 0.1) is 18.1 Å². The summed E-state index contributed by atoms with van der Waals surface area (Å²) in [5.74, 6) is -1.13. The number of hydrogen-bond acceptors (Lipinski definition) is 3. The molecule has 2 amide bonds. The number of rotatable bonds is 3. The predicted molar refractivity (Wildman–Crippen MR) is 77.9 cm³/mol. The summed E-state index contributed by atoms with van der Waals surface area (Å²) >= 11 is 0. The number of carbonyl (C=O) groups excluding carboxylic acids is 1. The van der Waals surface area contributed by atoms with Gasteiger partial charge in [0.25, 0.3) is 0 Å². The predicted octanol–water partition coefficient (Wildman–Crippen LogP) is 1.57. The Morgan fingerprint density at radius 2 is 1.81 bits per heavy atom. The highest BCUT2D eigenvalue weighted by Gasteiger charge is 2.32. The number of urea groups is 1. The van der Waals surface area contributed by atoms with Crippen LogP contribution in [0.3, 0.4) is 0 Å². The number of carboxylic acids is 1. The normalized spacial score (nSPS) is 33.2. The molecule has 0 aliphatic heterocycles. The lowest BCUT2D eigenvalue weighted by Crippen LogP contribution is -2.52. The molecule has 2 aliphatic rings. The number of aliphatic hydroxyl groups excluding tert-OH is 1. The van der Waals surface area contributed by atoms with Crippen molar-refractivity contribution in [2.75, 3.05) is 7.05 Å². The van der Waals surface area contributed by atoms with E-state index in [1.165, 1.54) is 0 Å². The van der Waals surface area contributed by atoms with E-state index in [2.05, 4.69) is 5.32 Å². The van der Waals surface area contributed by atoms with Gasteiger partial charge in [-0.25, -0.2) is 4.79 Å². The van der Waals surface area contributed by atoms with Gasteiger partial charge in [0.2, 0.25) is 0 Å². The zero-order chi connectivity index (χ0) is 15.4. The second-order valence-corrected chi connectivity index (χ2v) is 6.38. The molecule has 21 heavy (non-hydrogen) atoms. The summed E-state index contributed by atoms with van der Waals surface area (Å²) in [5.41, 5.74) is 0. The van der Waals surface area contributed by atoms with Crippen molar-refractivity contribution in [3.63, 3.8) is 0 Å². The Hall–Kier alpha value is -1.30. The molecular formula is C15H26N2O4. The van der Waals surface area contributed by atoms with Crippen LogP contribution in [0.1, 0.15) is 51.4 Å². The molecule has 2 fully saturated rings. The van der Waals surface area contributed by atoms with Crippen LogP contribution in [0.2, 0.25) is 0 Å². The minimum Gasteiger partial charge on any atom is -0.481 e. The van der Waals surface area contributed by atoms with E-state index in [-0.39, 0.29) is 24.0 Å². The van der Waals surface area contributed by atoms with Crippen LogP contribution in [0.5, 0.6) is 0 Å². The van der Waals surface area contributed by atoms with Gasteiger partial charge in [-0.15, -0.1) is 0 Å². The topological polar surface area (TPSA) is 89.9 Å². The van der Waals surface area contributed by atoms with Crippen LogP contribution < -0.4 is 5.32 Å². The monoisotopic (exact) mass is 298 g/mol. The molecule has 0 bridgehead atoms. The molecule has 4 atom stereocenters. The highest BCUT2D eigenvalue weighted by atomic mass is 16.4. The van der Waals surface area contributed by atoms with Gasteiger partial charge in [-0.2, -0.15) is 0 Å². The van der Waals surface area contributed by atoms with E-state index in [4.69, 9.17) is 5.11 Å². The van der Waals surface area contributed by atoms with Crippen LogP contribution in [-0.4, -0.2) is 52.3 Å². The SMILES string of the molecule is CN(C(=O)NC1CCCC(C(=O)O)C1)C1CCCCC1O. The number of carboxylic acid groups (broad SMARTS) is 1. The van der Waals surface area contributed by atoms with Crippen molar-refractivity contribution < 1.29 is 19.8 Å². The number of aliphatic hydroxyl groups is 1. The number of likely N-dealkylation sites (N-methyl/N-ethyl adjacent to an activating group) is 1. The molecule has 2 rings (SSSR count). The Labute approximate surface area is 125 Å². The maximum absolute atomic E-state index is 12.3. The fourth-order valence-electron chi connectivity index (χ4n) is 3.52. The summed E-state index contributed by atoms with van der Waals surface area (Å²) in [5, 5.41) is 22.0. The third-order valence-corrected chi connectivity index (χ3v) is 4.86. The van der Waals surface area contributed by atoms with Crippen molar-refractivity contribution >= 4 is 12.0 Å². The average Bonchev–Trinajstić information content (AvgIpc) is 2.47. The Morgan fingerprint density at radius 3 is 2.48 bits per heavy atom. The highest BCUT2D eigenvalue weighted by Crippen LogP contribution is 2.26. The van der Waals surface area contributed by atoms with Crippen molar-refractivity contribution in [2.24, 2.45) is 5.92 Å². The molecule has 3 N–H and O–H groups in total. The molecule has 0 aromatic rings. The fourth-order valence-corrected chi connectivity index (χ4v) is 3.52. The molecule has 4 unspecified atom stereocenters. The summed E-state index contributed by atoms with van der Waals surface area (Å²) < 4.78 is 0. The maximum atomic E-state index is 12.3. The van der Waals surface area contributed by atoms with E-state index in [0.717, 1.165) is 38.5 Å². The summed E-state index contributed by atoms with van der Waals surface area (Å²) in [6, 6.07) is -0.398.